The molecule has 1 unspecified atom stereocenters. The highest BCUT2D eigenvalue weighted by molar-refractivity contribution is 5.30. The fraction of sp³-hybridized carbons (Fsp3) is 0.571. The molecule has 0 aromatic heterocycles. The summed E-state index contributed by atoms with van der Waals surface area (Å²) in [7, 11) is 1.71. The van der Waals surface area contributed by atoms with E-state index in [2.05, 4.69) is 37.4 Å². The van der Waals surface area contributed by atoms with E-state index in [1.807, 2.05) is 6.07 Å². The highest BCUT2D eigenvalue weighted by Gasteiger charge is 2.05. The van der Waals surface area contributed by atoms with Crippen LogP contribution in [0.25, 0.3) is 0 Å². The van der Waals surface area contributed by atoms with Crippen molar-refractivity contribution in [3.8, 4) is 5.75 Å². The maximum absolute atomic E-state index is 5.23. The number of hydrogen-bond acceptors (Lipinski definition) is 2. The Morgan fingerprint density at radius 2 is 2.12 bits per heavy atom. The third-order valence-corrected chi connectivity index (χ3v) is 2.84. The van der Waals surface area contributed by atoms with Crippen LogP contribution in [0, 0.1) is 0 Å². The van der Waals surface area contributed by atoms with E-state index in [1.54, 1.807) is 7.11 Å². The Balaban J connectivity index is 2.42. The van der Waals surface area contributed by atoms with Gasteiger partial charge in [-0.15, -0.1) is 0 Å². The minimum Gasteiger partial charge on any atom is -0.497 e. The zero-order chi connectivity index (χ0) is 11.8. The van der Waals surface area contributed by atoms with E-state index in [-0.39, 0.29) is 0 Å². The minimum absolute atomic E-state index is 0.583. The van der Waals surface area contributed by atoms with Gasteiger partial charge in [-0.1, -0.05) is 26.0 Å². The van der Waals surface area contributed by atoms with Gasteiger partial charge in [0.2, 0.25) is 0 Å². The summed E-state index contributed by atoms with van der Waals surface area (Å²) in [5.74, 6) is 1.53. The molecule has 90 valence electrons. The molecule has 1 aromatic rings. The third-order valence-electron chi connectivity index (χ3n) is 2.84. The van der Waals surface area contributed by atoms with Crippen LogP contribution in [0.3, 0.4) is 0 Å². The fourth-order valence-corrected chi connectivity index (χ4v) is 1.74. The second-order valence-corrected chi connectivity index (χ2v) is 4.22. The minimum atomic E-state index is 0.583. The average Bonchev–Trinajstić information content (AvgIpc) is 2.34. The first-order valence-corrected chi connectivity index (χ1v) is 6.12. The average molecular weight is 221 g/mol. The number of benzene rings is 1. The Hall–Kier alpha value is -1.02. The molecule has 1 aromatic carbocycles. The second-order valence-electron chi connectivity index (χ2n) is 4.22. The molecule has 0 bridgehead atoms. The lowest BCUT2D eigenvalue weighted by Gasteiger charge is -2.13. The lowest BCUT2D eigenvalue weighted by atomic mass is 9.97. The Labute approximate surface area is 99.0 Å². The predicted octanol–water partition coefficient (Wildman–Crippen LogP) is 3.19. The van der Waals surface area contributed by atoms with Crippen LogP contribution in [0.5, 0.6) is 5.75 Å². The van der Waals surface area contributed by atoms with Crippen molar-refractivity contribution in [2.75, 3.05) is 20.2 Å². The molecule has 0 radical (unpaired) electrons. The van der Waals surface area contributed by atoms with E-state index in [1.165, 1.54) is 18.4 Å². The van der Waals surface area contributed by atoms with Gasteiger partial charge >= 0.3 is 0 Å². The van der Waals surface area contributed by atoms with Gasteiger partial charge in [-0.25, -0.2) is 0 Å². The third kappa shape index (κ3) is 4.23. The van der Waals surface area contributed by atoms with Crippen molar-refractivity contribution in [2.24, 2.45) is 0 Å². The van der Waals surface area contributed by atoms with Gasteiger partial charge in [0.25, 0.3) is 0 Å². The van der Waals surface area contributed by atoms with Crippen molar-refractivity contribution in [2.45, 2.75) is 32.6 Å². The van der Waals surface area contributed by atoms with Crippen molar-refractivity contribution in [3.05, 3.63) is 29.8 Å². The second kappa shape index (κ2) is 7.29. The standard InChI is InChI=1S/C14H23NO/c1-4-9-15-10-8-12(2)13-6-5-7-14(11-13)16-3/h5-7,11-12,15H,4,8-10H2,1-3H3. The Bertz CT molecular complexity index is 299. The van der Waals surface area contributed by atoms with Crippen LogP contribution in [0.1, 0.15) is 38.2 Å². The molecule has 1 N–H and O–H groups in total. The Morgan fingerprint density at radius 3 is 2.81 bits per heavy atom. The van der Waals surface area contributed by atoms with Crippen LogP contribution < -0.4 is 10.1 Å². The maximum atomic E-state index is 5.23. The van der Waals surface area contributed by atoms with Crippen molar-refractivity contribution >= 4 is 0 Å². The van der Waals surface area contributed by atoms with E-state index < -0.39 is 0 Å². The largest absolute Gasteiger partial charge is 0.497 e. The smallest absolute Gasteiger partial charge is 0.119 e. The molecule has 1 atom stereocenters. The van der Waals surface area contributed by atoms with Crippen LogP contribution >= 0.6 is 0 Å². The van der Waals surface area contributed by atoms with Crippen LogP contribution in [0.2, 0.25) is 0 Å². The van der Waals surface area contributed by atoms with Gasteiger partial charge in [-0.2, -0.15) is 0 Å². The summed E-state index contributed by atoms with van der Waals surface area (Å²) < 4.78 is 5.23. The van der Waals surface area contributed by atoms with E-state index in [0.717, 1.165) is 18.8 Å². The zero-order valence-electron chi connectivity index (χ0n) is 10.6. The molecule has 0 aliphatic carbocycles. The SMILES string of the molecule is CCCNCCC(C)c1cccc(OC)c1. The molecule has 0 aliphatic rings. The van der Waals surface area contributed by atoms with Crippen molar-refractivity contribution in [3.63, 3.8) is 0 Å². The molecule has 0 aliphatic heterocycles. The first-order valence-electron chi connectivity index (χ1n) is 6.12. The van der Waals surface area contributed by atoms with Crippen LogP contribution in [-0.4, -0.2) is 20.2 Å². The van der Waals surface area contributed by atoms with E-state index >= 15 is 0 Å². The molecule has 0 amide bonds. The van der Waals surface area contributed by atoms with Crippen molar-refractivity contribution in [1.82, 2.24) is 5.32 Å². The molecular formula is C14H23NO. The van der Waals surface area contributed by atoms with Gasteiger partial charge in [0.1, 0.15) is 5.75 Å². The summed E-state index contributed by atoms with van der Waals surface area (Å²) in [6, 6.07) is 8.35. The quantitative estimate of drug-likeness (QED) is 0.714. The monoisotopic (exact) mass is 221 g/mol. The molecule has 16 heavy (non-hydrogen) atoms. The normalized spacial score (nSPS) is 12.4. The summed E-state index contributed by atoms with van der Waals surface area (Å²) >= 11 is 0. The molecule has 0 saturated carbocycles. The highest BCUT2D eigenvalue weighted by atomic mass is 16.5. The first-order chi connectivity index (χ1) is 7.77. The fourth-order valence-electron chi connectivity index (χ4n) is 1.74. The molecule has 2 heteroatoms. The van der Waals surface area contributed by atoms with Crippen LogP contribution in [0.15, 0.2) is 24.3 Å². The number of rotatable bonds is 7. The van der Waals surface area contributed by atoms with Crippen molar-refractivity contribution in [1.29, 1.82) is 0 Å². The molecule has 2 nitrogen and oxygen atoms in total. The molecule has 0 spiro atoms. The van der Waals surface area contributed by atoms with Crippen LogP contribution in [-0.2, 0) is 0 Å². The lowest BCUT2D eigenvalue weighted by Crippen LogP contribution is -2.17. The summed E-state index contributed by atoms with van der Waals surface area (Å²) in [5, 5.41) is 3.43. The predicted molar refractivity (Wildman–Crippen MR) is 69.2 cm³/mol. The number of ether oxygens (including phenoxy) is 1. The van der Waals surface area contributed by atoms with E-state index in [0.29, 0.717) is 5.92 Å². The first kappa shape index (κ1) is 13.0. The van der Waals surface area contributed by atoms with E-state index in [4.69, 9.17) is 4.74 Å². The van der Waals surface area contributed by atoms with E-state index in [9.17, 15) is 0 Å². The zero-order valence-corrected chi connectivity index (χ0v) is 10.6. The number of methoxy groups -OCH3 is 1. The Kier molecular flexibility index (Phi) is 5.94. The molecule has 0 fully saturated rings. The van der Waals surface area contributed by atoms with Gasteiger partial charge in [-0.3, -0.25) is 0 Å². The summed E-state index contributed by atoms with van der Waals surface area (Å²) in [5.41, 5.74) is 1.36. The molecule has 0 saturated heterocycles. The van der Waals surface area contributed by atoms with Gasteiger partial charge in [-0.05, 0) is 49.5 Å². The van der Waals surface area contributed by atoms with Gasteiger partial charge in [0.15, 0.2) is 0 Å². The topological polar surface area (TPSA) is 21.3 Å². The van der Waals surface area contributed by atoms with Gasteiger partial charge < -0.3 is 10.1 Å². The summed E-state index contributed by atoms with van der Waals surface area (Å²) in [6.45, 7) is 6.66. The van der Waals surface area contributed by atoms with Crippen molar-refractivity contribution < 1.29 is 4.74 Å². The summed E-state index contributed by atoms with van der Waals surface area (Å²) in [4.78, 5) is 0. The lowest BCUT2D eigenvalue weighted by molar-refractivity contribution is 0.413. The highest BCUT2D eigenvalue weighted by Crippen LogP contribution is 2.22. The summed E-state index contributed by atoms with van der Waals surface area (Å²) in [6.07, 6.45) is 2.38. The van der Waals surface area contributed by atoms with Gasteiger partial charge in [0.05, 0.1) is 7.11 Å². The van der Waals surface area contributed by atoms with Gasteiger partial charge in [0, 0.05) is 0 Å². The van der Waals surface area contributed by atoms with Crippen LogP contribution in [0.4, 0.5) is 0 Å². The Morgan fingerprint density at radius 1 is 1.31 bits per heavy atom. The number of nitrogens with one attached hydrogen (secondary N) is 1. The molecule has 1 rings (SSSR count). The maximum Gasteiger partial charge on any atom is 0.119 e. The number of hydrogen-bond donors (Lipinski definition) is 1. The molecule has 0 heterocycles. The molecular weight excluding hydrogens is 198 g/mol.